The van der Waals surface area contributed by atoms with Gasteiger partial charge >= 0.3 is 6.36 Å². The molecule has 3 aromatic rings. The maximum absolute atomic E-state index is 12.3. The number of amides is 1. The van der Waals surface area contributed by atoms with Gasteiger partial charge in [-0.2, -0.15) is 0 Å². The number of nitrogens with one attached hydrogen (secondary N) is 1. The van der Waals surface area contributed by atoms with E-state index in [1.807, 2.05) is 36.4 Å². The van der Waals surface area contributed by atoms with Gasteiger partial charge in [0.25, 0.3) is 0 Å². The quantitative estimate of drug-likeness (QED) is 0.504. The molecule has 0 fully saturated rings. The highest BCUT2D eigenvalue weighted by Gasteiger charge is 2.31. The van der Waals surface area contributed by atoms with Gasteiger partial charge in [-0.15, -0.1) is 13.2 Å². The van der Waals surface area contributed by atoms with E-state index in [9.17, 15) is 18.0 Å². The lowest BCUT2D eigenvalue weighted by molar-refractivity contribution is -0.274. The monoisotopic (exact) mass is 453 g/mol. The summed E-state index contributed by atoms with van der Waals surface area (Å²) in [5, 5.41) is 4.58. The van der Waals surface area contributed by atoms with Crippen molar-refractivity contribution in [2.24, 2.45) is 0 Å². The maximum Gasteiger partial charge on any atom is 0.573 e. The molecule has 0 atom stereocenters. The first kappa shape index (κ1) is 20.0. The smallest absolute Gasteiger partial charge is 0.493 e. The zero-order valence-corrected chi connectivity index (χ0v) is 16.0. The van der Waals surface area contributed by atoms with Gasteiger partial charge in [0, 0.05) is 16.2 Å². The number of halogens is 4. The fourth-order valence-corrected chi connectivity index (χ4v) is 2.92. The van der Waals surface area contributed by atoms with Crippen LogP contribution in [0.4, 0.5) is 18.9 Å². The van der Waals surface area contributed by atoms with Crippen LogP contribution in [0, 0.1) is 0 Å². The second kappa shape index (κ2) is 8.52. The number of carbonyl (C=O) groups excluding carboxylic acids is 1. The minimum Gasteiger partial charge on any atom is -0.493 e. The lowest BCUT2D eigenvalue weighted by Crippen LogP contribution is -2.18. The standard InChI is InChI=1S/C20H15BrF3NO3/c21-15-6-4-14-11-17(7-5-13(14)10-15)27-9-8-19(26)25-16-2-1-3-18(12-16)28-20(22,23)24/h1-7,10-12H,8-9H2,(H,25,26). The van der Waals surface area contributed by atoms with Crippen molar-refractivity contribution in [2.45, 2.75) is 12.8 Å². The Morgan fingerprint density at radius 1 is 0.964 bits per heavy atom. The molecule has 0 spiro atoms. The second-order valence-electron chi connectivity index (χ2n) is 5.88. The van der Waals surface area contributed by atoms with Crippen molar-refractivity contribution in [3.05, 3.63) is 65.1 Å². The Labute approximate surface area is 167 Å². The van der Waals surface area contributed by atoms with E-state index in [0.29, 0.717) is 5.75 Å². The zero-order chi connectivity index (χ0) is 20.1. The molecule has 146 valence electrons. The van der Waals surface area contributed by atoms with Crippen LogP contribution < -0.4 is 14.8 Å². The van der Waals surface area contributed by atoms with Crippen LogP contribution in [0.1, 0.15) is 6.42 Å². The third-order valence-electron chi connectivity index (χ3n) is 3.72. The number of carbonyl (C=O) groups is 1. The first-order valence-corrected chi connectivity index (χ1v) is 9.06. The van der Waals surface area contributed by atoms with E-state index in [-0.39, 0.29) is 24.6 Å². The first-order valence-electron chi connectivity index (χ1n) is 8.26. The molecule has 0 aromatic heterocycles. The molecule has 1 N–H and O–H groups in total. The Hall–Kier alpha value is -2.74. The van der Waals surface area contributed by atoms with E-state index in [2.05, 4.69) is 26.0 Å². The van der Waals surface area contributed by atoms with Crippen LogP contribution >= 0.6 is 15.9 Å². The van der Waals surface area contributed by atoms with Crippen LogP contribution in [0.3, 0.4) is 0 Å². The van der Waals surface area contributed by atoms with Crippen molar-refractivity contribution in [1.29, 1.82) is 0 Å². The highest BCUT2D eigenvalue weighted by molar-refractivity contribution is 9.10. The Morgan fingerprint density at radius 3 is 2.50 bits per heavy atom. The van der Waals surface area contributed by atoms with Gasteiger partial charge in [0.05, 0.1) is 13.0 Å². The average molecular weight is 454 g/mol. The molecule has 0 aliphatic carbocycles. The normalized spacial score (nSPS) is 11.3. The minimum atomic E-state index is -4.79. The number of rotatable bonds is 6. The summed E-state index contributed by atoms with van der Waals surface area (Å²) in [4.78, 5) is 12.0. The summed E-state index contributed by atoms with van der Waals surface area (Å²) in [6.45, 7) is 0.132. The predicted molar refractivity (Wildman–Crippen MR) is 104 cm³/mol. The van der Waals surface area contributed by atoms with E-state index >= 15 is 0 Å². The van der Waals surface area contributed by atoms with E-state index < -0.39 is 12.1 Å². The third kappa shape index (κ3) is 5.88. The van der Waals surface area contributed by atoms with Gasteiger partial charge in [-0.1, -0.05) is 34.1 Å². The fraction of sp³-hybridized carbons (Fsp3) is 0.150. The highest BCUT2D eigenvalue weighted by Crippen LogP contribution is 2.26. The van der Waals surface area contributed by atoms with Crippen molar-refractivity contribution in [1.82, 2.24) is 0 Å². The summed E-state index contributed by atoms with van der Waals surface area (Å²) in [6, 6.07) is 16.6. The van der Waals surface area contributed by atoms with Crippen molar-refractivity contribution in [3.8, 4) is 11.5 Å². The van der Waals surface area contributed by atoms with E-state index in [1.54, 1.807) is 0 Å². The number of anilines is 1. The molecule has 28 heavy (non-hydrogen) atoms. The minimum absolute atomic E-state index is 0.0444. The molecule has 4 nitrogen and oxygen atoms in total. The van der Waals surface area contributed by atoms with Crippen molar-refractivity contribution < 1.29 is 27.4 Å². The lowest BCUT2D eigenvalue weighted by atomic mass is 10.1. The number of benzene rings is 3. The number of fused-ring (bicyclic) bond motifs is 1. The summed E-state index contributed by atoms with van der Waals surface area (Å²) >= 11 is 3.42. The molecule has 0 aliphatic heterocycles. The summed E-state index contributed by atoms with van der Waals surface area (Å²) in [5.41, 5.74) is 0.211. The number of hydrogen-bond acceptors (Lipinski definition) is 3. The molecule has 0 saturated carbocycles. The first-order chi connectivity index (χ1) is 13.3. The molecular formula is C20H15BrF3NO3. The third-order valence-corrected chi connectivity index (χ3v) is 4.22. The average Bonchev–Trinajstić information content (AvgIpc) is 2.60. The predicted octanol–water partition coefficient (Wildman–Crippen LogP) is 5.91. The van der Waals surface area contributed by atoms with Crippen LogP contribution in [0.2, 0.25) is 0 Å². The molecule has 0 bridgehead atoms. The molecule has 8 heteroatoms. The SMILES string of the molecule is O=C(CCOc1ccc2cc(Br)ccc2c1)Nc1cccc(OC(F)(F)F)c1. The molecule has 0 radical (unpaired) electrons. The van der Waals surface area contributed by atoms with Crippen LogP contribution in [-0.2, 0) is 4.79 Å². The van der Waals surface area contributed by atoms with Gasteiger partial charge in [-0.3, -0.25) is 4.79 Å². The lowest BCUT2D eigenvalue weighted by Gasteiger charge is -2.11. The maximum atomic E-state index is 12.3. The summed E-state index contributed by atoms with van der Waals surface area (Å²) in [5.74, 6) is -0.151. The van der Waals surface area contributed by atoms with Gasteiger partial charge in [-0.25, -0.2) is 0 Å². The number of hydrogen-bond donors (Lipinski definition) is 1. The molecule has 3 rings (SSSR count). The molecule has 0 saturated heterocycles. The Kier molecular flexibility index (Phi) is 6.08. The molecule has 3 aromatic carbocycles. The summed E-state index contributed by atoms with van der Waals surface area (Å²) in [7, 11) is 0. The second-order valence-corrected chi connectivity index (χ2v) is 6.79. The zero-order valence-electron chi connectivity index (χ0n) is 14.4. The Morgan fingerprint density at radius 2 is 1.71 bits per heavy atom. The van der Waals surface area contributed by atoms with Crippen molar-refractivity contribution in [2.75, 3.05) is 11.9 Å². The summed E-state index contributed by atoms with van der Waals surface area (Å²) in [6.07, 6.45) is -4.74. The van der Waals surface area contributed by atoms with Crippen molar-refractivity contribution >= 4 is 38.3 Å². The molecule has 0 aliphatic rings. The molecule has 1 amide bonds. The Bertz CT molecular complexity index is 992. The van der Waals surface area contributed by atoms with Gasteiger partial charge in [-0.05, 0) is 47.2 Å². The molecule has 0 heterocycles. The van der Waals surface area contributed by atoms with E-state index in [1.165, 1.54) is 12.1 Å². The van der Waals surface area contributed by atoms with Gasteiger partial charge in [0.2, 0.25) is 5.91 Å². The van der Waals surface area contributed by atoms with Gasteiger partial charge < -0.3 is 14.8 Å². The van der Waals surface area contributed by atoms with E-state index in [0.717, 1.165) is 27.4 Å². The Balaban J connectivity index is 1.52. The molecular weight excluding hydrogens is 439 g/mol. The fourth-order valence-electron chi connectivity index (χ4n) is 2.54. The number of ether oxygens (including phenoxy) is 2. The number of alkyl halides is 3. The highest BCUT2D eigenvalue weighted by atomic mass is 79.9. The largest absolute Gasteiger partial charge is 0.573 e. The van der Waals surface area contributed by atoms with Crippen LogP contribution in [0.5, 0.6) is 11.5 Å². The van der Waals surface area contributed by atoms with Crippen molar-refractivity contribution in [3.63, 3.8) is 0 Å². The van der Waals surface area contributed by atoms with Crippen LogP contribution in [0.25, 0.3) is 10.8 Å². The van der Waals surface area contributed by atoms with Crippen LogP contribution in [0.15, 0.2) is 65.1 Å². The molecule has 0 unspecified atom stereocenters. The topological polar surface area (TPSA) is 47.6 Å². The van der Waals surface area contributed by atoms with Gasteiger partial charge in [0.1, 0.15) is 11.5 Å². The van der Waals surface area contributed by atoms with Crippen LogP contribution in [-0.4, -0.2) is 18.9 Å². The summed E-state index contributed by atoms with van der Waals surface area (Å²) < 4.78 is 47.2. The van der Waals surface area contributed by atoms with Gasteiger partial charge in [0.15, 0.2) is 0 Å². The van der Waals surface area contributed by atoms with E-state index in [4.69, 9.17) is 4.74 Å².